The number of carbonyl (C=O) groups is 1. The molecule has 7 heteroatoms. The van der Waals surface area contributed by atoms with Crippen LogP contribution in [-0.2, 0) is 0 Å². The average Bonchev–Trinajstić information content (AvgIpc) is 3.01. The zero-order valence-corrected chi connectivity index (χ0v) is 14.6. The monoisotopic (exact) mass is 348 g/mol. The summed E-state index contributed by atoms with van der Waals surface area (Å²) >= 11 is 6.21. The molecule has 1 N–H and O–H groups in total. The molecule has 1 atom stereocenters. The first-order valence-electron chi connectivity index (χ1n) is 7.06. The van der Waals surface area contributed by atoms with Crippen molar-refractivity contribution in [1.82, 2.24) is 10.2 Å². The molecule has 1 fully saturated rings. The van der Waals surface area contributed by atoms with Crippen LogP contribution in [0.5, 0.6) is 11.5 Å². The third-order valence-electron chi connectivity index (χ3n) is 3.67. The van der Waals surface area contributed by atoms with E-state index < -0.39 is 0 Å². The fourth-order valence-electron chi connectivity index (χ4n) is 2.47. The van der Waals surface area contributed by atoms with Gasteiger partial charge in [0.2, 0.25) is 0 Å². The summed E-state index contributed by atoms with van der Waals surface area (Å²) in [5.74, 6) is 0.890. The zero-order valence-electron chi connectivity index (χ0n) is 13.0. The Morgan fingerprint density at radius 3 is 2.77 bits per heavy atom. The highest BCUT2D eigenvalue weighted by Gasteiger charge is 2.25. The number of halogens is 2. The SMILES string of the molecule is CCOc1c(Cl)cc(C(=O)N(C)C2CCNC2)cc1OC.Cl. The fraction of sp³-hybridized carbons (Fsp3) is 0.533. The Hall–Kier alpha value is -1.17. The van der Waals surface area contributed by atoms with Gasteiger partial charge in [-0.15, -0.1) is 12.4 Å². The molecule has 1 aliphatic heterocycles. The second-order valence-electron chi connectivity index (χ2n) is 4.99. The van der Waals surface area contributed by atoms with Gasteiger partial charge >= 0.3 is 0 Å². The number of hydrogen-bond donors (Lipinski definition) is 1. The predicted molar refractivity (Wildman–Crippen MR) is 89.8 cm³/mol. The van der Waals surface area contributed by atoms with Crippen molar-refractivity contribution in [1.29, 1.82) is 0 Å². The summed E-state index contributed by atoms with van der Waals surface area (Å²) in [6.07, 6.45) is 0.962. The van der Waals surface area contributed by atoms with E-state index in [4.69, 9.17) is 21.1 Å². The molecule has 1 saturated heterocycles. The molecule has 0 bridgehead atoms. The van der Waals surface area contributed by atoms with E-state index in [2.05, 4.69) is 5.32 Å². The molecule has 0 aromatic heterocycles. The minimum Gasteiger partial charge on any atom is -0.493 e. The highest BCUT2D eigenvalue weighted by atomic mass is 35.5. The molecule has 0 radical (unpaired) electrons. The Bertz CT molecular complexity index is 520. The minimum atomic E-state index is -0.0630. The lowest BCUT2D eigenvalue weighted by Gasteiger charge is -2.24. The maximum atomic E-state index is 12.6. The van der Waals surface area contributed by atoms with Crippen molar-refractivity contribution >= 4 is 29.9 Å². The molecule has 124 valence electrons. The number of benzene rings is 1. The Morgan fingerprint density at radius 2 is 2.23 bits per heavy atom. The Labute approximate surface area is 142 Å². The third kappa shape index (κ3) is 3.97. The summed E-state index contributed by atoms with van der Waals surface area (Å²) in [6, 6.07) is 3.53. The van der Waals surface area contributed by atoms with Gasteiger partial charge in [0.25, 0.3) is 5.91 Å². The van der Waals surface area contributed by atoms with Gasteiger partial charge in [0, 0.05) is 25.2 Å². The van der Waals surface area contributed by atoms with Gasteiger partial charge in [0.05, 0.1) is 18.7 Å². The first kappa shape index (κ1) is 18.9. The van der Waals surface area contributed by atoms with Crippen LogP contribution in [0.4, 0.5) is 0 Å². The minimum absolute atomic E-state index is 0. The Kier molecular flexibility index (Phi) is 7.26. The fourth-order valence-corrected chi connectivity index (χ4v) is 2.73. The van der Waals surface area contributed by atoms with Gasteiger partial charge in [-0.05, 0) is 32.0 Å². The van der Waals surface area contributed by atoms with Crippen LogP contribution in [0, 0.1) is 0 Å². The maximum Gasteiger partial charge on any atom is 0.254 e. The standard InChI is InChI=1S/C15H21ClN2O3.ClH/c1-4-21-14-12(16)7-10(8-13(14)20-3)15(19)18(2)11-5-6-17-9-11;/h7-8,11,17H,4-6,9H2,1-3H3;1H. The summed E-state index contributed by atoms with van der Waals surface area (Å²) in [5, 5.41) is 3.64. The van der Waals surface area contributed by atoms with Crippen LogP contribution in [0.15, 0.2) is 12.1 Å². The summed E-state index contributed by atoms with van der Waals surface area (Å²) in [5.41, 5.74) is 0.509. The largest absolute Gasteiger partial charge is 0.493 e. The number of rotatable bonds is 5. The number of ether oxygens (including phenoxy) is 2. The second-order valence-corrected chi connectivity index (χ2v) is 5.39. The third-order valence-corrected chi connectivity index (χ3v) is 3.95. The first-order valence-corrected chi connectivity index (χ1v) is 7.44. The molecule has 0 aliphatic carbocycles. The summed E-state index contributed by atoms with van der Waals surface area (Å²) in [4.78, 5) is 14.3. The molecule has 0 saturated carbocycles. The maximum absolute atomic E-state index is 12.6. The van der Waals surface area contributed by atoms with E-state index in [0.29, 0.717) is 28.7 Å². The van der Waals surface area contributed by atoms with Crippen LogP contribution in [0.2, 0.25) is 5.02 Å². The Balaban J connectivity index is 0.00000242. The lowest BCUT2D eigenvalue weighted by Crippen LogP contribution is -2.38. The highest BCUT2D eigenvalue weighted by molar-refractivity contribution is 6.32. The molecule has 1 amide bonds. The van der Waals surface area contributed by atoms with E-state index in [0.717, 1.165) is 19.5 Å². The first-order chi connectivity index (χ1) is 10.1. The van der Waals surface area contributed by atoms with Gasteiger partial charge in [0.15, 0.2) is 11.5 Å². The summed E-state index contributed by atoms with van der Waals surface area (Å²) in [6.45, 7) is 4.12. The number of carbonyl (C=O) groups excluding carboxylic acids is 1. The average molecular weight is 349 g/mol. The van der Waals surface area contributed by atoms with Crippen molar-refractivity contribution in [2.45, 2.75) is 19.4 Å². The van der Waals surface area contributed by atoms with E-state index >= 15 is 0 Å². The van der Waals surface area contributed by atoms with Crippen LogP contribution in [0.3, 0.4) is 0 Å². The number of nitrogens with zero attached hydrogens (tertiary/aromatic N) is 1. The molecule has 22 heavy (non-hydrogen) atoms. The van der Waals surface area contributed by atoms with E-state index in [1.54, 1.807) is 17.0 Å². The number of hydrogen-bond acceptors (Lipinski definition) is 4. The van der Waals surface area contributed by atoms with E-state index in [9.17, 15) is 4.79 Å². The van der Waals surface area contributed by atoms with E-state index in [1.165, 1.54) is 7.11 Å². The van der Waals surface area contributed by atoms with Crippen molar-refractivity contribution in [3.8, 4) is 11.5 Å². The highest BCUT2D eigenvalue weighted by Crippen LogP contribution is 2.36. The van der Waals surface area contributed by atoms with Crippen molar-refractivity contribution in [2.75, 3.05) is 33.9 Å². The molecular weight excluding hydrogens is 327 g/mol. The van der Waals surface area contributed by atoms with Crippen molar-refractivity contribution in [2.24, 2.45) is 0 Å². The zero-order chi connectivity index (χ0) is 15.4. The van der Waals surface area contributed by atoms with Gasteiger partial charge in [-0.25, -0.2) is 0 Å². The van der Waals surface area contributed by atoms with Crippen molar-refractivity contribution in [3.05, 3.63) is 22.7 Å². The van der Waals surface area contributed by atoms with Crippen LogP contribution in [0.1, 0.15) is 23.7 Å². The second kappa shape index (κ2) is 8.46. The molecule has 1 aromatic carbocycles. The molecule has 1 unspecified atom stereocenters. The van der Waals surface area contributed by atoms with E-state index in [1.807, 2.05) is 14.0 Å². The van der Waals surface area contributed by atoms with Crippen molar-refractivity contribution in [3.63, 3.8) is 0 Å². The van der Waals surface area contributed by atoms with Crippen LogP contribution < -0.4 is 14.8 Å². The Morgan fingerprint density at radius 1 is 1.50 bits per heavy atom. The molecular formula is C15H22Cl2N2O3. The lowest BCUT2D eigenvalue weighted by atomic mass is 10.1. The van der Waals surface area contributed by atoms with Crippen LogP contribution >= 0.6 is 24.0 Å². The number of amides is 1. The quantitative estimate of drug-likeness (QED) is 0.888. The summed E-state index contributed by atoms with van der Waals surface area (Å²) in [7, 11) is 3.35. The van der Waals surface area contributed by atoms with E-state index in [-0.39, 0.29) is 24.4 Å². The van der Waals surface area contributed by atoms with Crippen molar-refractivity contribution < 1.29 is 14.3 Å². The molecule has 1 aromatic rings. The predicted octanol–water partition coefficient (Wildman–Crippen LogP) is 2.60. The van der Waals surface area contributed by atoms with Gasteiger partial charge < -0.3 is 19.7 Å². The molecule has 1 heterocycles. The van der Waals surface area contributed by atoms with Gasteiger partial charge in [-0.2, -0.15) is 0 Å². The van der Waals surface area contributed by atoms with Gasteiger partial charge in [-0.3, -0.25) is 4.79 Å². The molecule has 5 nitrogen and oxygen atoms in total. The number of nitrogens with one attached hydrogen (secondary N) is 1. The smallest absolute Gasteiger partial charge is 0.254 e. The number of likely N-dealkylation sites (N-methyl/N-ethyl adjacent to an activating group) is 1. The molecule has 2 rings (SSSR count). The summed E-state index contributed by atoms with van der Waals surface area (Å²) < 4.78 is 10.7. The van der Waals surface area contributed by atoms with Crippen LogP contribution in [0.25, 0.3) is 0 Å². The lowest BCUT2D eigenvalue weighted by molar-refractivity contribution is 0.0743. The topological polar surface area (TPSA) is 50.8 Å². The molecule has 1 aliphatic rings. The van der Waals surface area contributed by atoms with Crippen LogP contribution in [-0.4, -0.2) is 50.7 Å². The van der Waals surface area contributed by atoms with Gasteiger partial charge in [0.1, 0.15) is 0 Å². The molecule has 0 spiro atoms. The number of methoxy groups -OCH3 is 1. The van der Waals surface area contributed by atoms with Gasteiger partial charge in [-0.1, -0.05) is 11.6 Å². The normalized spacial score (nSPS) is 16.8.